The Morgan fingerprint density at radius 1 is 0.353 bits per heavy atom. The Morgan fingerprint density at radius 3 is 0.912 bits per heavy atom. The van der Waals surface area contributed by atoms with Crippen LogP contribution in [0.2, 0.25) is 0 Å². The third-order valence-electron chi connectivity index (χ3n) is 6.60. The van der Waals surface area contributed by atoms with Crippen LogP contribution in [0.3, 0.4) is 0 Å². The first-order valence-corrected chi connectivity index (χ1v) is 11.4. The normalized spacial score (nSPS) is 11.2. The summed E-state index contributed by atoms with van der Waals surface area (Å²) in [7, 11) is 3.48. The molecule has 0 atom stereocenters. The first-order chi connectivity index (χ1) is 16.7. The topological polar surface area (TPSA) is 18.5 Å². The summed E-state index contributed by atoms with van der Waals surface area (Å²) in [6.45, 7) is 0. The Bertz CT molecular complexity index is 1550. The molecule has 6 aromatic rings. The number of hydrogen-bond acceptors (Lipinski definition) is 2. The van der Waals surface area contributed by atoms with Crippen molar-refractivity contribution in [1.82, 2.24) is 0 Å². The molecule has 164 valence electrons. The van der Waals surface area contributed by atoms with Crippen LogP contribution in [0.1, 0.15) is 0 Å². The summed E-state index contributed by atoms with van der Waals surface area (Å²) in [6.07, 6.45) is 0. The maximum atomic E-state index is 5.91. The van der Waals surface area contributed by atoms with E-state index in [1.165, 1.54) is 21.5 Å². The largest absolute Gasteiger partial charge is 0.496 e. The van der Waals surface area contributed by atoms with Gasteiger partial charge in [-0.2, -0.15) is 0 Å². The van der Waals surface area contributed by atoms with E-state index in [9.17, 15) is 0 Å². The summed E-state index contributed by atoms with van der Waals surface area (Å²) in [5, 5.41) is 7.07. The lowest BCUT2D eigenvalue weighted by Gasteiger charge is -2.18. The van der Waals surface area contributed by atoms with Crippen molar-refractivity contribution in [3.8, 4) is 33.8 Å². The van der Waals surface area contributed by atoms with Crippen LogP contribution in [0, 0.1) is 0 Å². The van der Waals surface area contributed by atoms with E-state index >= 15 is 0 Å². The number of hydrogen-bond donors (Lipinski definition) is 0. The van der Waals surface area contributed by atoms with Gasteiger partial charge in [0, 0.05) is 11.1 Å². The fourth-order valence-corrected chi connectivity index (χ4v) is 4.88. The highest BCUT2D eigenvalue weighted by Crippen LogP contribution is 2.45. The molecule has 0 saturated heterocycles. The molecule has 0 unspecified atom stereocenters. The molecule has 0 aromatic heterocycles. The Balaban J connectivity index is 1.72. The fourth-order valence-electron chi connectivity index (χ4n) is 4.88. The van der Waals surface area contributed by atoms with E-state index < -0.39 is 0 Å². The van der Waals surface area contributed by atoms with Crippen LogP contribution in [-0.4, -0.2) is 14.2 Å². The van der Waals surface area contributed by atoms with Crippen LogP contribution in [0.25, 0.3) is 54.6 Å². The van der Waals surface area contributed by atoms with E-state index in [2.05, 4.69) is 109 Å². The van der Waals surface area contributed by atoms with Crippen molar-refractivity contribution >= 4 is 32.3 Å². The van der Waals surface area contributed by atoms with E-state index in [1.807, 2.05) is 0 Å². The highest BCUT2D eigenvalue weighted by atomic mass is 16.5. The summed E-state index contributed by atoms with van der Waals surface area (Å²) >= 11 is 0. The Labute approximate surface area is 199 Å². The minimum atomic E-state index is 0.856. The highest BCUT2D eigenvalue weighted by molar-refractivity contribution is 6.03. The number of methoxy groups -OCH3 is 2. The van der Waals surface area contributed by atoms with Gasteiger partial charge in [0.1, 0.15) is 11.5 Å². The smallest absolute Gasteiger partial charge is 0.127 e. The minimum absolute atomic E-state index is 0.856. The molecule has 0 aliphatic heterocycles. The SMILES string of the molecule is COc1cc2ccccc2cc1-c1cc2ccccc2cc1-c1cc2ccccc2cc1OC. The van der Waals surface area contributed by atoms with E-state index in [0.717, 1.165) is 44.5 Å². The van der Waals surface area contributed by atoms with Gasteiger partial charge >= 0.3 is 0 Å². The van der Waals surface area contributed by atoms with Gasteiger partial charge in [0.25, 0.3) is 0 Å². The van der Waals surface area contributed by atoms with Gasteiger partial charge < -0.3 is 9.47 Å². The van der Waals surface area contributed by atoms with Crippen molar-refractivity contribution < 1.29 is 9.47 Å². The van der Waals surface area contributed by atoms with Gasteiger partial charge in [-0.3, -0.25) is 0 Å². The maximum absolute atomic E-state index is 5.91. The third kappa shape index (κ3) is 3.36. The Kier molecular flexibility index (Phi) is 4.92. The lowest BCUT2D eigenvalue weighted by Crippen LogP contribution is -1.94. The second-order valence-corrected chi connectivity index (χ2v) is 8.54. The van der Waals surface area contributed by atoms with Crippen molar-refractivity contribution in [2.24, 2.45) is 0 Å². The number of rotatable bonds is 4. The molecule has 0 radical (unpaired) electrons. The molecular formula is C32H24O2. The summed E-state index contributed by atoms with van der Waals surface area (Å²) in [4.78, 5) is 0. The molecule has 2 nitrogen and oxygen atoms in total. The quantitative estimate of drug-likeness (QED) is 0.274. The molecule has 0 bridgehead atoms. The first-order valence-electron chi connectivity index (χ1n) is 11.4. The van der Waals surface area contributed by atoms with E-state index in [-0.39, 0.29) is 0 Å². The minimum Gasteiger partial charge on any atom is -0.496 e. The molecule has 6 rings (SSSR count). The first kappa shape index (κ1) is 20.3. The zero-order valence-electron chi connectivity index (χ0n) is 19.2. The molecule has 0 aliphatic carbocycles. The molecule has 0 heterocycles. The van der Waals surface area contributed by atoms with Crippen LogP contribution in [-0.2, 0) is 0 Å². The van der Waals surface area contributed by atoms with Gasteiger partial charge in [0.05, 0.1) is 14.2 Å². The lowest BCUT2D eigenvalue weighted by atomic mass is 9.88. The predicted octanol–water partition coefficient (Wildman–Crippen LogP) is 8.50. The second kappa shape index (κ2) is 8.24. The Morgan fingerprint density at radius 2 is 0.618 bits per heavy atom. The van der Waals surface area contributed by atoms with Gasteiger partial charge in [-0.15, -0.1) is 0 Å². The van der Waals surface area contributed by atoms with Crippen LogP contribution >= 0.6 is 0 Å². The van der Waals surface area contributed by atoms with Crippen molar-refractivity contribution in [2.45, 2.75) is 0 Å². The maximum Gasteiger partial charge on any atom is 0.127 e. The molecule has 0 N–H and O–H groups in total. The summed E-state index contributed by atoms with van der Waals surface area (Å²) in [5.74, 6) is 1.71. The summed E-state index contributed by atoms with van der Waals surface area (Å²) < 4.78 is 11.8. The van der Waals surface area contributed by atoms with Crippen LogP contribution < -0.4 is 9.47 Å². The summed E-state index contributed by atoms with van der Waals surface area (Å²) in [6, 6.07) is 38.5. The molecule has 0 fully saturated rings. The van der Waals surface area contributed by atoms with Crippen molar-refractivity contribution in [3.63, 3.8) is 0 Å². The predicted molar refractivity (Wildman–Crippen MR) is 143 cm³/mol. The van der Waals surface area contributed by atoms with Gasteiger partial charge in [-0.1, -0.05) is 72.8 Å². The molecule has 34 heavy (non-hydrogen) atoms. The monoisotopic (exact) mass is 440 g/mol. The molecule has 0 saturated carbocycles. The molecule has 0 amide bonds. The van der Waals surface area contributed by atoms with Crippen LogP contribution in [0.4, 0.5) is 0 Å². The van der Waals surface area contributed by atoms with Crippen molar-refractivity contribution in [3.05, 3.63) is 109 Å². The lowest BCUT2D eigenvalue weighted by molar-refractivity contribution is 0.416. The van der Waals surface area contributed by atoms with E-state index in [1.54, 1.807) is 14.2 Å². The Hall–Kier alpha value is -4.30. The van der Waals surface area contributed by atoms with Crippen molar-refractivity contribution in [1.29, 1.82) is 0 Å². The zero-order chi connectivity index (χ0) is 23.1. The molecule has 0 aliphatic rings. The summed E-state index contributed by atoms with van der Waals surface area (Å²) in [5.41, 5.74) is 4.37. The van der Waals surface area contributed by atoms with Gasteiger partial charge in [-0.05, 0) is 79.8 Å². The fraction of sp³-hybridized carbons (Fsp3) is 0.0625. The van der Waals surface area contributed by atoms with Crippen molar-refractivity contribution in [2.75, 3.05) is 14.2 Å². The molecule has 0 spiro atoms. The average Bonchev–Trinajstić information content (AvgIpc) is 2.90. The van der Waals surface area contributed by atoms with Gasteiger partial charge in [0.15, 0.2) is 0 Å². The number of ether oxygens (including phenoxy) is 2. The molecule has 6 aromatic carbocycles. The second-order valence-electron chi connectivity index (χ2n) is 8.54. The van der Waals surface area contributed by atoms with Crippen LogP contribution in [0.5, 0.6) is 11.5 Å². The number of fused-ring (bicyclic) bond motifs is 3. The van der Waals surface area contributed by atoms with Crippen LogP contribution in [0.15, 0.2) is 109 Å². The third-order valence-corrected chi connectivity index (χ3v) is 6.60. The zero-order valence-corrected chi connectivity index (χ0v) is 19.2. The molecular weight excluding hydrogens is 416 g/mol. The van der Waals surface area contributed by atoms with E-state index in [4.69, 9.17) is 9.47 Å². The number of benzene rings is 6. The molecule has 2 heteroatoms. The van der Waals surface area contributed by atoms with E-state index in [0.29, 0.717) is 0 Å². The average molecular weight is 441 g/mol. The highest BCUT2D eigenvalue weighted by Gasteiger charge is 2.18. The van der Waals surface area contributed by atoms with Gasteiger partial charge in [0.2, 0.25) is 0 Å². The standard InChI is InChI=1S/C32H24O2/c1-33-31-19-25-13-7-5-11-23(25)17-29(31)27-15-21-9-3-4-10-22(21)16-28(27)30-18-24-12-6-8-14-26(24)20-32(30)34-2/h3-20H,1-2H3. The van der Waals surface area contributed by atoms with Gasteiger partial charge in [-0.25, -0.2) is 0 Å².